The van der Waals surface area contributed by atoms with Gasteiger partial charge >= 0.3 is 0 Å². The number of ether oxygens (including phenoxy) is 3. The molecule has 1 aromatic heterocycles. The molecule has 0 bridgehead atoms. The molecule has 8 nitrogen and oxygen atoms in total. The third kappa shape index (κ3) is 3.16. The van der Waals surface area contributed by atoms with Crippen molar-refractivity contribution >= 4 is 28.6 Å². The molecule has 8 heteroatoms. The molecule has 29 heavy (non-hydrogen) atoms. The lowest BCUT2D eigenvalue weighted by atomic mass is 10.1. The number of aromatic nitrogens is 2. The molecule has 3 aromatic rings. The fraction of sp³-hybridized carbons (Fsp3) is 0.286. The van der Waals surface area contributed by atoms with Crippen molar-refractivity contribution < 1.29 is 19.0 Å². The van der Waals surface area contributed by atoms with Crippen LogP contribution in [0.5, 0.6) is 17.2 Å². The molecule has 1 amide bonds. The van der Waals surface area contributed by atoms with Crippen molar-refractivity contribution in [1.29, 1.82) is 0 Å². The van der Waals surface area contributed by atoms with Gasteiger partial charge in [0.25, 0.3) is 5.91 Å². The second-order valence-corrected chi connectivity index (χ2v) is 6.65. The molecule has 150 valence electrons. The minimum absolute atomic E-state index is 0.205. The van der Waals surface area contributed by atoms with Gasteiger partial charge in [-0.3, -0.25) is 9.69 Å². The monoisotopic (exact) mass is 394 g/mol. The van der Waals surface area contributed by atoms with E-state index in [1.54, 1.807) is 17.0 Å². The van der Waals surface area contributed by atoms with Crippen LogP contribution in [0.2, 0.25) is 0 Å². The van der Waals surface area contributed by atoms with Crippen LogP contribution in [0.25, 0.3) is 11.0 Å². The summed E-state index contributed by atoms with van der Waals surface area (Å²) >= 11 is 0. The average Bonchev–Trinajstić information content (AvgIpc) is 2.76. The topological polar surface area (TPSA) is 77.0 Å². The third-order valence-corrected chi connectivity index (χ3v) is 4.97. The van der Waals surface area contributed by atoms with Crippen LogP contribution in [0.3, 0.4) is 0 Å². The molecule has 0 atom stereocenters. The first-order valence-electron chi connectivity index (χ1n) is 9.17. The number of rotatable bonds is 4. The number of fused-ring (bicyclic) bond motifs is 2. The van der Waals surface area contributed by atoms with Crippen LogP contribution < -0.4 is 24.0 Å². The van der Waals surface area contributed by atoms with Crippen molar-refractivity contribution in [2.45, 2.75) is 0 Å². The highest BCUT2D eigenvalue weighted by atomic mass is 16.5. The Labute approximate surface area is 168 Å². The van der Waals surface area contributed by atoms with Crippen LogP contribution in [-0.4, -0.2) is 57.3 Å². The van der Waals surface area contributed by atoms with Crippen molar-refractivity contribution in [1.82, 2.24) is 9.97 Å². The van der Waals surface area contributed by atoms with Crippen LogP contribution in [0, 0.1) is 0 Å². The van der Waals surface area contributed by atoms with Crippen molar-refractivity contribution in [3.8, 4) is 17.2 Å². The van der Waals surface area contributed by atoms with Crippen LogP contribution in [0.15, 0.2) is 36.4 Å². The lowest BCUT2D eigenvalue weighted by molar-refractivity contribution is 0.0985. The van der Waals surface area contributed by atoms with Gasteiger partial charge in [-0.15, -0.1) is 0 Å². The summed E-state index contributed by atoms with van der Waals surface area (Å²) in [4.78, 5) is 26.5. The second kappa shape index (κ2) is 7.46. The summed E-state index contributed by atoms with van der Waals surface area (Å²) < 4.78 is 16.1. The Balaban J connectivity index is 1.81. The maximum Gasteiger partial charge on any atom is 0.259 e. The van der Waals surface area contributed by atoms with E-state index >= 15 is 0 Å². The normalized spacial score (nSPS) is 13.2. The van der Waals surface area contributed by atoms with Gasteiger partial charge in [-0.1, -0.05) is 12.1 Å². The van der Waals surface area contributed by atoms with E-state index in [2.05, 4.69) is 0 Å². The molecular formula is C21H22N4O4. The lowest BCUT2D eigenvalue weighted by Gasteiger charge is -2.34. The molecule has 0 N–H and O–H groups in total. The molecule has 0 aliphatic carbocycles. The van der Waals surface area contributed by atoms with E-state index in [0.29, 0.717) is 47.5 Å². The molecular weight excluding hydrogens is 372 g/mol. The summed E-state index contributed by atoms with van der Waals surface area (Å²) in [6.45, 7) is 1.14. The zero-order valence-corrected chi connectivity index (χ0v) is 16.8. The maximum atomic E-state index is 13.4. The summed E-state index contributed by atoms with van der Waals surface area (Å²) in [5.74, 6) is 2.30. The predicted octanol–water partition coefficient (Wildman–Crippen LogP) is 2.75. The van der Waals surface area contributed by atoms with Crippen LogP contribution in [-0.2, 0) is 0 Å². The molecule has 0 fully saturated rings. The Kier molecular flexibility index (Phi) is 4.84. The van der Waals surface area contributed by atoms with Gasteiger partial charge in [0, 0.05) is 25.7 Å². The number of benzene rings is 2. The van der Waals surface area contributed by atoms with Crippen LogP contribution in [0.4, 0.5) is 11.6 Å². The summed E-state index contributed by atoms with van der Waals surface area (Å²) in [5, 5.41) is 0. The number of carbonyl (C=O) groups is 1. The van der Waals surface area contributed by atoms with Crippen molar-refractivity contribution in [3.63, 3.8) is 0 Å². The standard InChI is InChI=1S/C21H22N4O4/c1-24-9-10-25(20-19(24)22-14-7-5-6-8-15(14)23-20)21(26)13-11-16(27-2)18(29-4)17(12-13)28-3/h5-8,11-12H,9-10H2,1-4H3. The van der Waals surface area contributed by atoms with E-state index < -0.39 is 0 Å². The molecule has 2 aromatic carbocycles. The van der Waals surface area contributed by atoms with Gasteiger partial charge in [0.2, 0.25) is 5.75 Å². The fourth-order valence-corrected chi connectivity index (χ4v) is 3.44. The first-order chi connectivity index (χ1) is 14.1. The first-order valence-corrected chi connectivity index (χ1v) is 9.17. The van der Waals surface area contributed by atoms with Gasteiger partial charge in [0.05, 0.1) is 32.4 Å². The molecule has 0 radical (unpaired) electrons. The number of para-hydroxylation sites is 2. The third-order valence-electron chi connectivity index (χ3n) is 4.97. The number of methoxy groups -OCH3 is 3. The quantitative estimate of drug-likeness (QED) is 0.673. The summed E-state index contributed by atoms with van der Waals surface area (Å²) in [6.07, 6.45) is 0. The highest BCUT2D eigenvalue weighted by molar-refractivity contribution is 6.08. The minimum atomic E-state index is -0.205. The zero-order chi connectivity index (χ0) is 20.5. The smallest absolute Gasteiger partial charge is 0.259 e. The summed E-state index contributed by atoms with van der Waals surface area (Å²) in [5.41, 5.74) is 1.95. The zero-order valence-electron chi connectivity index (χ0n) is 16.8. The Morgan fingerprint density at radius 3 is 2.03 bits per heavy atom. The number of nitrogens with zero attached hydrogens (tertiary/aromatic N) is 4. The Hall–Kier alpha value is -3.55. The number of hydrogen-bond donors (Lipinski definition) is 0. The average molecular weight is 394 g/mol. The Morgan fingerprint density at radius 2 is 1.48 bits per heavy atom. The van der Waals surface area contributed by atoms with Gasteiger partial charge in [-0.2, -0.15) is 0 Å². The van der Waals surface area contributed by atoms with Gasteiger partial charge in [0.15, 0.2) is 23.1 Å². The first kappa shape index (κ1) is 18.8. The van der Waals surface area contributed by atoms with Crippen molar-refractivity contribution in [2.75, 3.05) is 51.3 Å². The van der Waals surface area contributed by atoms with Crippen molar-refractivity contribution in [3.05, 3.63) is 42.0 Å². The lowest BCUT2D eigenvalue weighted by Crippen LogP contribution is -2.43. The molecule has 1 aliphatic rings. The van der Waals surface area contributed by atoms with E-state index in [9.17, 15) is 4.79 Å². The fourth-order valence-electron chi connectivity index (χ4n) is 3.44. The second-order valence-electron chi connectivity index (χ2n) is 6.65. The van der Waals surface area contributed by atoms with E-state index in [-0.39, 0.29) is 5.91 Å². The number of hydrogen-bond acceptors (Lipinski definition) is 7. The van der Waals surface area contributed by atoms with Crippen LogP contribution in [0.1, 0.15) is 10.4 Å². The molecule has 1 aliphatic heterocycles. The van der Waals surface area contributed by atoms with E-state index in [1.807, 2.05) is 36.2 Å². The number of carbonyl (C=O) groups excluding carboxylic acids is 1. The van der Waals surface area contributed by atoms with Gasteiger partial charge < -0.3 is 19.1 Å². The van der Waals surface area contributed by atoms with Gasteiger partial charge in [-0.05, 0) is 24.3 Å². The maximum absolute atomic E-state index is 13.4. The number of amides is 1. The van der Waals surface area contributed by atoms with Crippen molar-refractivity contribution in [2.24, 2.45) is 0 Å². The molecule has 0 unspecified atom stereocenters. The molecule has 0 saturated heterocycles. The van der Waals surface area contributed by atoms with E-state index in [0.717, 1.165) is 11.0 Å². The summed E-state index contributed by atoms with van der Waals surface area (Å²) in [6, 6.07) is 10.9. The van der Waals surface area contributed by atoms with E-state index in [1.165, 1.54) is 21.3 Å². The predicted molar refractivity (Wildman–Crippen MR) is 111 cm³/mol. The highest BCUT2D eigenvalue weighted by Gasteiger charge is 2.30. The SMILES string of the molecule is COc1cc(C(=O)N2CCN(C)c3nc4ccccc4nc32)cc(OC)c1OC. The molecule has 0 spiro atoms. The molecule has 4 rings (SSSR count). The van der Waals surface area contributed by atoms with Crippen LogP contribution >= 0.6 is 0 Å². The Morgan fingerprint density at radius 1 is 0.897 bits per heavy atom. The van der Waals surface area contributed by atoms with E-state index in [4.69, 9.17) is 24.2 Å². The minimum Gasteiger partial charge on any atom is -0.493 e. The number of anilines is 2. The summed E-state index contributed by atoms with van der Waals surface area (Å²) in [7, 11) is 6.52. The Bertz CT molecular complexity index is 1060. The largest absolute Gasteiger partial charge is 0.493 e. The highest BCUT2D eigenvalue weighted by Crippen LogP contribution is 2.39. The number of likely N-dealkylation sites (N-methyl/N-ethyl adjacent to an activating group) is 1. The van der Waals surface area contributed by atoms with Gasteiger partial charge in [0.1, 0.15) is 0 Å². The van der Waals surface area contributed by atoms with Gasteiger partial charge in [-0.25, -0.2) is 9.97 Å². The molecule has 2 heterocycles. The molecule has 0 saturated carbocycles.